The van der Waals surface area contributed by atoms with Gasteiger partial charge >= 0.3 is 0 Å². The first-order valence-electron chi connectivity index (χ1n) is 6.97. The third-order valence-corrected chi connectivity index (χ3v) is 4.00. The van der Waals surface area contributed by atoms with E-state index in [1.54, 1.807) is 0 Å². The number of para-hydroxylation sites is 1. The van der Waals surface area contributed by atoms with Crippen LogP contribution in [0.25, 0.3) is 0 Å². The van der Waals surface area contributed by atoms with Crippen LogP contribution in [-0.4, -0.2) is 30.6 Å². The maximum atomic E-state index is 10.1. The molecule has 0 spiro atoms. The van der Waals surface area contributed by atoms with Gasteiger partial charge in [-0.05, 0) is 41.7 Å². The Morgan fingerprint density at radius 1 is 1.10 bits per heavy atom. The van der Waals surface area contributed by atoms with Gasteiger partial charge < -0.3 is 15.3 Å². The Hall–Kier alpha value is -1.36. The highest BCUT2D eigenvalue weighted by Crippen LogP contribution is 2.27. The van der Waals surface area contributed by atoms with Crippen LogP contribution in [-0.2, 0) is 6.54 Å². The number of hydrogen-bond acceptors (Lipinski definition) is 3. The molecule has 0 saturated carbocycles. The molecule has 0 aliphatic carbocycles. The van der Waals surface area contributed by atoms with Crippen molar-refractivity contribution in [2.45, 2.75) is 12.6 Å². The highest BCUT2D eigenvalue weighted by atomic mass is 79.9. The van der Waals surface area contributed by atoms with Crippen molar-refractivity contribution in [1.82, 2.24) is 10.2 Å². The molecule has 21 heavy (non-hydrogen) atoms. The Balaban J connectivity index is 2.11. The fourth-order valence-electron chi connectivity index (χ4n) is 2.27. The van der Waals surface area contributed by atoms with Crippen LogP contribution in [0.1, 0.15) is 17.2 Å². The van der Waals surface area contributed by atoms with Crippen molar-refractivity contribution in [2.75, 3.05) is 20.6 Å². The van der Waals surface area contributed by atoms with E-state index in [1.807, 2.05) is 24.3 Å². The van der Waals surface area contributed by atoms with Crippen molar-refractivity contribution in [1.29, 1.82) is 0 Å². The van der Waals surface area contributed by atoms with E-state index in [1.165, 1.54) is 5.56 Å². The maximum Gasteiger partial charge on any atom is 0.134 e. The molecule has 2 aromatic rings. The van der Waals surface area contributed by atoms with E-state index < -0.39 is 0 Å². The van der Waals surface area contributed by atoms with Crippen LogP contribution in [0.5, 0.6) is 5.75 Å². The molecule has 0 aromatic heterocycles. The summed E-state index contributed by atoms with van der Waals surface area (Å²) in [5.41, 5.74) is 2.14. The van der Waals surface area contributed by atoms with Gasteiger partial charge in [0.05, 0.1) is 4.47 Å². The van der Waals surface area contributed by atoms with Crippen LogP contribution < -0.4 is 5.32 Å². The highest BCUT2D eigenvalue weighted by molar-refractivity contribution is 9.10. The fourth-order valence-corrected chi connectivity index (χ4v) is 2.68. The summed E-state index contributed by atoms with van der Waals surface area (Å²) in [5, 5.41) is 13.6. The zero-order valence-corrected chi connectivity index (χ0v) is 14.0. The average molecular weight is 349 g/mol. The molecule has 2 aromatic carbocycles. The van der Waals surface area contributed by atoms with Crippen molar-refractivity contribution in [3.8, 4) is 5.75 Å². The van der Waals surface area contributed by atoms with E-state index in [0.717, 1.165) is 16.6 Å². The quantitative estimate of drug-likeness (QED) is 0.837. The number of benzene rings is 2. The number of phenolic OH excluding ortho intramolecular Hbond substituents is 1. The summed E-state index contributed by atoms with van der Waals surface area (Å²) in [4.78, 5) is 2.16. The first kappa shape index (κ1) is 16.0. The molecule has 0 saturated heterocycles. The monoisotopic (exact) mass is 348 g/mol. The summed E-state index contributed by atoms with van der Waals surface area (Å²) in [6.07, 6.45) is 0. The highest BCUT2D eigenvalue weighted by Gasteiger charge is 2.13. The summed E-state index contributed by atoms with van der Waals surface area (Å²) in [5.74, 6) is 0.307. The minimum atomic E-state index is 0.222. The zero-order valence-electron chi connectivity index (χ0n) is 12.4. The van der Waals surface area contributed by atoms with Gasteiger partial charge in [0.15, 0.2) is 0 Å². The Morgan fingerprint density at radius 2 is 1.81 bits per heavy atom. The number of aromatic hydroxyl groups is 1. The molecule has 2 N–H and O–H groups in total. The van der Waals surface area contributed by atoms with Gasteiger partial charge in [-0.25, -0.2) is 0 Å². The summed E-state index contributed by atoms with van der Waals surface area (Å²) in [7, 11) is 4.13. The molecule has 3 nitrogen and oxygen atoms in total. The van der Waals surface area contributed by atoms with E-state index >= 15 is 0 Å². The molecule has 1 unspecified atom stereocenters. The zero-order chi connectivity index (χ0) is 15.2. The topological polar surface area (TPSA) is 35.5 Å². The van der Waals surface area contributed by atoms with E-state index in [4.69, 9.17) is 0 Å². The molecule has 1 atom stereocenters. The maximum absolute atomic E-state index is 10.1. The molecule has 0 radical (unpaired) electrons. The van der Waals surface area contributed by atoms with Gasteiger partial charge in [0.1, 0.15) is 5.75 Å². The fraction of sp³-hybridized carbons (Fsp3) is 0.294. The Labute approximate surface area is 134 Å². The third kappa shape index (κ3) is 4.56. The summed E-state index contributed by atoms with van der Waals surface area (Å²) in [6.45, 7) is 1.53. The molecule has 2 rings (SSSR count). The van der Waals surface area contributed by atoms with E-state index in [-0.39, 0.29) is 6.04 Å². The first-order chi connectivity index (χ1) is 10.1. The van der Waals surface area contributed by atoms with Crippen LogP contribution in [0.4, 0.5) is 0 Å². The number of halogens is 1. The predicted molar refractivity (Wildman–Crippen MR) is 90.4 cm³/mol. The summed E-state index contributed by atoms with van der Waals surface area (Å²) in [6, 6.07) is 16.3. The summed E-state index contributed by atoms with van der Waals surface area (Å²) >= 11 is 3.35. The molecule has 0 fully saturated rings. The van der Waals surface area contributed by atoms with Gasteiger partial charge in [-0.3, -0.25) is 0 Å². The molecule has 4 heteroatoms. The van der Waals surface area contributed by atoms with Crippen LogP contribution in [0.3, 0.4) is 0 Å². The van der Waals surface area contributed by atoms with Gasteiger partial charge in [0, 0.05) is 24.7 Å². The van der Waals surface area contributed by atoms with Crippen LogP contribution in [0, 0.1) is 0 Å². The third-order valence-electron chi connectivity index (χ3n) is 3.36. The second kappa shape index (κ2) is 7.59. The number of phenols is 1. The van der Waals surface area contributed by atoms with Gasteiger partial charge in [-0.15, -0.1) is 0 Å². The Bertz CT molecular complexity index is 572. The van der Waals surface area contributed by atoms with E-state index in [2.05, 4.69) is 64.5 Å². The molecule has 0 aliphatic heterocycles. The van der Waals surface area contributed by atoms with Crippen LogP contribution >= 0.6 is 15.9 Å². The van der Waals surface area contributed by atoms with Crippen LogP contribution in [0.2, 0.25) is 0 Å². The van der Waals surface area contributed by atoms with Crippen molar-refractivity contribution in [3.05, 3.63) is 64.1 Å². The molecular formula is C17H21BrN2O. The predicted octanol–water partition coefficient (Wildman–Crippen LogP) is 3.55. The lowest BCUT2D eigenvalue weighted by Gasteiger charge is -2.23. The van der Waals surface area contributed by atoms with Crippen molar-refractivity contribution in [2.24, 2.45) is 0 Å². The minimum absolute atomic E-state index is 0.222. The number of likely N-dealkylation sites (N-methyl/N-ethyl adjacent to an activating group) is 1. The standard InChI is InChI=1S/C17H21BrN2O/c1-20(2)12-16(13-7-4-3-5-8-13)19-11-14-9-6-10-15(18)17(14)21/h3-10,16,19,21H,11-12H2,1-2H3. The van der Waals surface area contributed by atoms with Gasteiger partial charge in [-0.2, -0.15) is 0 Å². The number of hydrogen-bond donors (Lipinski definition) is 2. The first-order valence-corrected chi connectivity index (χ1v) is 7.76. The minimum Gasteiger partial charge on any atom is -0.506 e. The van der Waals surface area contributed by atoms with Gasteiger partial charge in [-0.1, -0.05) is 42.5 Å². The SMILES string of the molecule is CN(C)CC(NCc1cccc(Br)c1O)c1ccccc1. The van der Waals surface area contributed by atoms with Gasteiger partial charge in [0.25, 0.3) is 0 Å². The normalized spacial score (nSPS) is 12.6. The van der Waals surface area contributed by atoms with Gasteiger partial charge in [0.2, 0.25) is 0 Å². The molecule has 0 heterocycles. The smallest absolute Gasteiger partial charge is 0.134 e. The lowest BCUT2D eigenvalue weighted by molar-refractivity contribution is 0.339. The summed E-state index contributed by atoms with van der Waals surface area (Å²) < 4.78 is 0.727. The molecule has 0 aliphatic rings. The van der Waals surface area contributed by atoms with Crippen molar-refractivity contribution in [3.63, 3.8) is 0 Å². The lowest BCUT2D eigenvalue weighted by Crippen LogP contribution is -2.30. The lowest BCUT2D eigenvalue weighted by atomic mass is 10.1. The van der Waals surface area contributed by atoms with Crippen molar-refractivity contribution >= 4 is 15.9 Å². The largest absolute Gasteiger partial charge is 0.506 e. The average Bonchev–Trinajstić information content (AvgIpc) is 2.48. The van der Waals surface area contributed by atoms with E-state index in [9.17, 15) is 5.11 Å². The molecule has 0 bridgehead atoms. The second-order valence-corrected chi connectivity index (χ2v) is 6.21. The Kier molecular flexibility index (Phi) is 5.79. The molecular weight excluding hydrogens is 328 g/mol. The number of nitrogens with one attached hydrogen (secondary N) is 1. The van der Waals surface area contributed by atoms with Crippen LogP contribution in [0.15, 0.2) is 53.0 Å². The van der Waals surface area contributed by atoms with Crippen molar-refractivity contribution < 1.29 is 5.11 Å². The van der Waals surface area contributed by atoms with E-state index in [0.29, 0.717) is 12.3 Å². The number of rotatable bonds is 6. The second-order valence-electron chi connectivity index (χ2n) is 5.35. The molecule has 0 amide bonds. The molecule has 112 valence electrons. The Morgan fingerprint density at radius 3 is 2.48 bits per heavy atom. The number of nitrogens with zero attached hydrogens (tertiary/aromatic N) is 1.